The molecule has 3 nitrogen and oxygen atoms in total. The molecular weight excluding hydrogens is 286 g/mol. The molecule has 0 saturated carbocycles. The Morgan fingerprint density at radius 2 is 1.70 bits per heavy atom. The third-order valence-electron chi connectivity index (χ3n) is 3.92. The van der Waals surface area contributed by atoms with E-state index in [0.717, 1.165) is 28.2 Å². The van der Waals surface area contributed by atoms with E-state index in [1.54, 1.807) is 7.11 Å². The van der Waals surface area contributed by atoms with Gasteiger partial charge in [0.15, 0.2) is 0 Å². The van der Waals surface area contributed by atoms with Gasteiger partial charge < -0.3 is 9.47 Å². The molecule has 0 aliphatic heterocycles. The first-order valence-corrected chi connectivity index (χ1v) is 7.79. The van der Waals surface area contributed by atoms with Gasteiger partial charge in [0.05, 0.1) is 25.7 Å². The summed E-state index contributed by atoms with van der Waals surface area (Å²) in [4.78, 5) is 0. The minimum atomic E-state index is -0.241. The Balaban J connectivity index is 2.08. The summed E-state index contributed by atoms with van der Waals surface area (Å²) in [6, 6.07) is 14.4. The molecule has 23 heavy (non-hydrogen) atoms. The van der Waals surface area contributed by atoms with Crippen LogP contribution < -0.4 is 9.47 Å². The molecule has 0 saturated heterocycles. The fourth-order valence-corrected chi connectivity index (χ4v) is 2.57. The number of benzene rings is 2. The van der Waals surface area contributed by atoms with Crippen molar-refractivity contribution in [3.63, 3.8) is 0 Å². The fraction of sp³-hybridized carbons (Fsp3) is 0.350. The summed E-state index contributed by atoms with van der Waals surface area (Å²) in [7, 11) is 1.63. The first-order chi connectivity index (χ1) is 11.0. The number of hydrogen-bond donors (Lipinski definition) is 0. The lowest BCUT2D eigenvalue weighted by molar-refractivity contribution is 0.302. The van der Waals surface area contributed by atoms with Crippen LogP contribution in [0.3, 0.4) is 0 Å². The maximum absolute atomic E-state index is 9.53. The zero-order chi connectivity index (χ0) is 16.8. The zero-order valence-electron chi connectivity index (χ0n) is 14.2. The van der Waals surface area contributed by atoms with E-state index in [2.05, 4.69) is 18.2 Å². The molecule has 0 aliphatic carbocycles. The van der Waals surface area contributed by atoms with Crippen LogP contribution in [-0.4, -0.2) is 13.7 Å². The maximum Gasteiger partial charge on any atom is 0.123 e. The van der Waals surface area contributed by atoms with Gasteiger partial charge in [0.1, 0.15) is 11.5 Å². The second-order valence-corrected chi connectivity index (χ2v) is 5.83. The molecule has 0 spiro atoms. The van der Waals surface area contributed by atoms with Gasteiger partial charge >= 0.3 is 0 Å². The zero-order valence-corrected chi connectivity index (χ0v) is 14.2. The summed E-state index contributed by atoms with van der Waals surface area (Å²) in [6.07, 6.45) is 0.629. The topological polar surface area (TPSA) is 42.2 Å². The lowest BCUT2D eigenvalue weighted by Gasteiger charge is -2.16. The summed E-state index contributed by atoms with van der Waals surface area (Å²) in [5.74, 6) is 1.40. The molecule has 1 atom stereocenters. The minimum absolute atomic E-state index is 0.241. The van der Waals surface area contributed by atoms with Crippen molar-refractivity contribution in [1.82, 2.24) is 0 Å². The number of nitrogens with zero attached hydrogens (tertiary/aromatic N) is 1. The Morgan fingerprint density at radius 3 is 2.39 bits per heavy atom. The molecule has 0 aliphatic rings. The van der Waals surface area contributed by atoms with E-state index in [9.17, 15) is 5.26 Å². The van der Waals surface area contributed by atoms with Crippen LogP contribution in [0.2, 0.25) is 0 Å². The highest BCUT2D eigenvalue weighted by Gasteiger charge is 2.16. The lowest BCUT2D eigenvalue weighted by Crippen LogP contribution is -2.07. The molecule has 0 fully saturated rings. The van der Waals surface area contributed by atoms with Crippen molar-refractivity contribution in [2.45, 2.75) is 33.1 Å². The molecule has 0 bridgehead atoms. The highest BCUT2D eigenvalue weighted by atomic mass is 16.5. The predicted molar refractivity (Wildman–Crippen MR) is 92.1 cm³/mol. The molecule has 0 amide bonds. The molecule has 1 unspecified atom stereocenters. The summed E-state index contributed by atoms with van der Waals surface area (Å²) >= 11 is 0. The Morgan fingerprint density at radius 1 is 1.00 bits per heavy atom. The number of rotatable bonds is 6. The van der Waals surface area contributed by atoms with Crippen molar-refractivity contribution >= 4 is 0 Å². The number of aryl methyl sites for hydroxylation is 3. The minimum Gasteiger partial charge on any atom is -0.496 e. The highest BCUT2D eigenvalue weighted by molar-refractivity contribution is 5.42. The Kier molecular flexibility index (Phi) is 5.65. The second kappa shape index (κ2) is 7.69. The van der Waals surface area contributed by atoms with Crippen molar-refractivity contribution in [3.8, 4) is 17.6 Å². The third kappa shape index (κ3) is 4.26. The van der Waals surface area contributed by atoms with Gasteiger partial charge in [0.25, 0.3) is 0 Å². The number of hydrogen-bond acceptors (Lipinski definition) is 3. The smallest absolute Gasteiger partial charge is 0.123 e. The van der Waals surface area contributed by atoms with E-state index in [1.807, 2.05) is 45.0 Å². The predicted octanol–water partition coefficient (Wildman–Crippen LogP) is 4.70. The molecule has 2 aromatic rings. The summed E-state index contributed by atoms with van der Waals surface area (Å²) in [5.41, 5.74) is 4.33. The van der Waals surface area contributed by atoms with Gasteiger partial charge in [0, 0.05) is 12.0 Å². The average Bonchev–Trinajstić information content (AvgIpc) is 2.54. The van der Waals surface area contributed by atoms with Crippen molar-refractivity contribution < 1.29 is 9.47 Å². The molecule has 0 heterocycles. The Labute approximate surface area is 138 Å². The molecule has 3 heteroatoms. The van der Waals surface area contributed by atoms with Crippen molar-refractivity contribution in [2.24, 2.45) is 0 Å². The van der Waals surface area contributed by atoms with Crippen molar-refractivity contribution in [2.75, 3.05) is 13.7 Å². The highest BCUT2D eigenvalue weighted by Crippen LogP contribution is 2.30. The normalized spacial score (nSPS) is 11.6. The van der Waals surface area contributed by atoms with Crippen molar-refractivity contribution in [3.05, 3.63) is 58.7 Å². The molecule has 0 radical (unpaired) electrons. The van der Waals surface area contributed by atoms with Crippen LogP contribution in [0.15, 0.2) is 36.4 Å². The van der Waals surface area contributed by atoms with Gasteiger partial charge in [0.2, 0.25) is 0 Å². The van der Waals surface area contributed by atoms with Gasteiger partial charge in [-0.15, -0.1) is 0 Å². The Hall–Kier alpha value is -2.47. The molecule has 120 valence electrons. The van der Waals surface area contributed by atoms with E-state index in [4.69, 9.17) is 9.47 Å². The SMILES string of the molecule is COc1ccc(C)cc1C(C#N)CCOc1cc(C)ccc1C. The summed E-state index contributed by atoms with van der Waals surface area (Å²) in [6.45, 7) is 6.59. The van der Waals surface area contributed by atoms with Crippen LogP contribution in [0.4, 0.5) is 0 Å². The number of methoxy groups -OCH3 is 1. The van der Waals surface area contributed by atoms with Gasteiger partial charge in [-0.3, -0.25) is 0 Å². The summed E-state index contributed by atoms with van der Waals surface area (Å²) in [5, 5.41) is 9.53. The van der Waals surface area contributed by atoms with E-state index in [0.29, 0.717) is 13.0 Å². The van der Waals surface area contributed by atoms with Crippen LogP contribution in [0.25, 0.3) is 0 Å². The quantitative estimate of drug-likeness (QED) is 0.777. The van der Waals surface area contributed by atoms with Crippen LogP contribution in [0.5, 0.6) is 11.5 Å². The van der Waals surface area contributed by atoms with Crippen molar-refractivity contribution in [1.29, 1.82) is 5.26 Å². The van der Waals surface area contributed by atoms with E-state index < -0.39 is 0 Å². The van der Waals surface area contributed by atoms with E-state index >= 15 is 0 Å². The standard InChI is InChI=1S/C20H23NO2/c1-14-6-8-19(22-4)18(11-14)17(13-21)9-10-23-20-12-15(2)5-7-16(20)3/h5-8,11-12,17H,9-10H2,1-4H3. The lowest BCUT2D eigenvalue weighted by atomic mass is 9.95. The van der Waals surface area contributed by atoms with Crippen LogP contribution in [0.1, 0.15) is 34.6 Å². The van der Waals surface area contributed by atoms with E-state index in [1.165, 1.54) is 5.56 Å². The number of ether oxygens (including phenoxy) is 2. The van der Waals surface area contributed by atoms with Gasteiger partial charge in [-0.1, -0.05) is 29.8 Å². The van der Waals surface area contributed by atoms with Crippen LogP contribution in [-0.2, 0) is 0 Å². The molecule has 0 N–H and O–H groups in total. The largest absolute Gasteiger partial charge is 0.496 e. The Bertz CT molecular complexity index is 716. The number of nitriles is 1. The molecule has 2 rings (SSSR count). The average molecular weight is 309 g/mol. The van der Waals surface area contributed by atoms with Gasteiger partial charge in [-0.2, -0.15) is 5.26 Å². The van der Waals surface area contributed by atoms with E-state index in [-0.39, 0.29) is 5.92 Å². The molecule has 0 aromatic heterocycles. The first kappa shape index (κ1) is 16.9. The summed E-state index contributed by atoms with van der Waals surface area (Å²) < 4.78 is 11.3. The van der Waals surface area contributed by atoms with Crippen LogP contribution >= 0.6 is 0 Å². The first-order valence-electron chi connectivity index (χ1n) is 7.79. The third-order valence-corrected chi connectivity index (χ3v) is 3.92. The monoisotopic (exact) mass is 309 g/mol. The van der Waals surface area contributed by atoms with Gasteiger partial charge in [-0.05, 0) is 44.0 Å². The molecular formula is C20H23NO2. The second-order valence-electron chi connectivity index (χ2n) is 5.83. The van der Waals surface area contributed by atoms with Crippen LogP contribution in [0, 0.1) is 32.1 Å². The maximum atomic E-state index is 9.53. The van der Waals surface area contributed by atoms with Gasteiger partial charge in [-0.25, -0.2) is 0 Å². The fourth-order valence-electron chi connectivity index (χ4n) is 2.57. The molecule has 2 aromatic carbocycles.